The second kappa shape index (κ2) is 6.16. The van der Waals surface area contributed by atoms with Crippen LogP contribution < -0.4 is 5.56 Å². The maximum absolute atomic E-state index is 13.0. The number of nitrogens with zero attached hydrogens (tertiary/aromatic N) is 5. The number of para-hydroxylation sites is 1. The van der Waals surface area contributed by atoms with Gasteiger partial charge in [0.15, 0.2) is 11.2 Å². The highest BCUT2D eigenvalue weighted by molar-refractivity contribution is 6.03. The van der Waals surface area contributed by atoms with Gasteiger partial charge in [0.25, 0.3) is 11.5 Å². The minimum Gasteiger partial charge on any atom is -0.337 e. The molecule has 7 nitrogen and oxygen atoms in total. The van der Waals surface area contributed by atoms with E-state index < -0.39 is 0 Å². The predicted molar refractivity (Wildman–Crippen MR) is 93.9 cm³/mol. The molecule has 4 rings (SSSR count). The van der Waals surface area contributed by atoms with Crippen LogP contribution in [0.4, 0.5) is 0 Å². The Morgan fingerprint density at radius 3 is 2.52 bits per heavy atom. The lowest BCUT2D eigenvalue weighted by Crippen LogP contribution is -2.36. The molecule has 0 unspecified atom stereocenters. The van der Waals surface area contributed by atoms with E-state index in [4.69, 9.17) is 0 Å². The zero-order chi connectivity index (χ0) is 17.4. The SMILES string of the molecule is Cn1cnc2c(C(=O)N3CCCCC3)nn(-c3ccccc3)c2c1=O. The first-order valence-electron chi connectivity index (χ1n) is 8.46. The summed E-state index contributed by atoms with van der Waals surface area (Å²) in [5.74, 6) is -0.153. The van der Waals surface area contributed by atoms with Crippen LogP contribution in [0.25, 0.3) is 16.7 Å². The third kappa shape index (κ3) is 2.61. The van der Waals surface area contributed by atoms with Crippen LogP contribution in [0.5, 0.6) is 0 Å². The van der Waals surface area contributed by atoms with Gasteiger partial charge < -0.3 is 9.47 Å². The van der Waals surface area contributed by atoms with E-state index in [1.165, 1.54) is 15.6 Å². The summed E-state index contributed by atoms with van der Waals surface area (Å²) in [6.07, 6.45) is 4.58. The van der Waals surface area contributed by atoms with Gasteiger partial charge in [-0.3, -0.25) is 9.59 Å². The van der Waals surface area contributed by atoms with Crippen molar-refractivity contribution in [2.45, 2.75) is 19.3 Å². The number of benzene rings is 1. The molecule has 128 valence electrons. The molecule has 1 saturated heterocycles. The number of amides is 1. The number of aromatic nitrogens is 4. The van der Waals surface area contributed by atoms with Crippen LogP contribution >= 0.6 is 0 Å². The smallest absolute Gasteiger partial charge is 0.279 e. The van der Waals surface area contributed by atoms with E-state index >= 15 is 0 Å². The summed E-state index contributed by atoms with van der Waals surface area (Å²) in [6, 6.07) is 9.35. The number of rotatable bonds is 2. The fourth-order valence-corrected chi connectivity index (χ4v) is 3.23. The zero-order valence-electron chi connectivity index (χ0n) is 14.1. The van der Waals surface area contributed by atoms with Gasteiger partial charge in [0.1, 0.15) is 5.52 Å². The van der Waals surface area contributed by atoms with Crippen LogP contribution in [-0.2, 0) is 7.05 Å². The van der Waals surface area contributed by atoms with E-state index in [9.17, 15) is 9.59 Å². The summed E-state index contributed by atoms with van der Waals surface area (Å²) in [4.78, 5) is 31.8. The molecule has 0 atom stereocenters. The van der Waals surface area contributed by atoms with Crippen LogP contribution in [0.2, 0.25) is 0 Å². The van der Waals surface area contributed by atoms with Gasteiger partial charge >= 0.3 is 0 Å². The third-order valence-electron chi connectivity index (χ3n) is 4.59. The molecule has 0 spiro atoms. The van der Waals surface area contributed by atoms with Crippen molar-refractivity contribution >= 4 is 16.9 Å². The second-order valence-electron chi connectivity index (χ2n) is 6.31. The molecule has 0 aliphatic carbocycles. The van der Waals surface area contributed by atoms with E-state index in [1.54, 1.807) is 11.9 Å². The summed E-state index contributed by atoms with van der Waals surface area (Å²) in [5.41, 5.74) is 1.45. The van der Waals surface area contributed by atoms with Gasteiger partial charge in [0.2, 0.25) is 0 Å². The number of carbonyl (C=O) groups excluding carboxylic acids is 1. The molecule has 1 fully saturated rings. The van der Waals surface area contributed by atoms with Crippen LogP contribution in [0.3, 0.4) is 0 Å². The first kappa shape index (κ1) is 15.6. The highest BCUT2D eigenvalue weighted by Crippen LogP contribution is 2.20. The maximum Gasteiger partial charge on any atom is 0.279 e. The van der Waals surface area contributed by atoms with Crippen molar-refractivity contribution in [3.8, 4) is 5.69 Å². The number of aryl methyl sites for hydroxylation is 1. The molecule has 0 saturated carbocycles. The van der Waals surface area contributed by atoms with Crippen molar-refractivity contribution < 1.29 is 4.79 Å². The number of likely N-dealkylation sites (tertiary alicyclic amines) is 1. The molecule has 0 N–H and O–H groups in total. The van der Waals surface area contributed by atoms with Gasteiger partial charge in [0, 0.05) is 20.1 Å². The number of carbonyl (C=O) groups is 1. The number of hydrogen-bond acceptors (Lipinski definition) is 4. The number of piperidine rings is 1. The molecular formula is C18H19N5O2. The normalized spacial score (nSPS) is 14.8. The van der Waals surface area contributed by atoms with Gasteiger partial charge in [-0.05, 0) is 31.4 Å². The van der Waals surface area contributed by atoms with Crippen molar-refractivity contribution in [3.05, 3.63) is 52.7 Å². The lowest BCUT2D eigenvalue weighted by atomic mass is 10.1. The Kier molecular flexibility index (Phi) is 3.83. The molecular weight excluding hydrogens is 318 g/mol. The molecule has 7 heteroatoms. The Hall–Kier alpha value is -2.96. The van der Waals surface area contributed by atoms with Gasteiger partial charge in [-0.1, -0.05) is 18.2 Å². The average molecular weight is 337 g/mol. The molecule has 0 radical (unpaired) electrons. The van der Waals surface area contributed by atoms with E-state index in [1.807, 2.05) is 30.3 Å². The first-order chi connectivity index (χ1) is 12.2. The Labute approximate surface area is 144 Å². The summed E-state index contributed by atoms with van der Waals surface area (Å²) in [7, 11) is 1.64. The summed E-state index contributed by atoms with van der Waals surface area (Å²) in [5, 5.41) is 4.49. The van der Waals surface area contributed by atoms with Crippen LogP contribution in [0, 0.1) is 0 Å². The summed E-state index contributed by atoms with van der Waals surface area (Å²) >= 11 is 0. The zero-order valence-corrected chi connectivity index (χ0v) is 14.1. The molecule has 3 heterocycles. The lowest BCUT2D eigenvalue weighted by Gasteiger charge is -2.25. The monoisotopic (exact) mass is 337 g/mol. The Morgan fingerprint density at radius 1 is 1.08 bits per heavy atom. The predicted octanol–water partition coefficient (Wildman–Crippen LogP) is 1.75. The molecule has 3 aromatic rings. The van der Waals surface area contributed by atoms with E-state index in [-0.39, 0.29) is 17.2 Å². The summed E-state index contributed by atoms with van der Waals surface area (Å²) in [6.45, 7) is 1.45. The molecule has 25 heavy (non-hydrogen) atoms. The van der Waals surface area contributed by atoms with Gasteiger partial charge in [0.05, 0.1) is 12.0 Å². The Balaban J connectivity index is 1.93. The molecule has 0 bridgehead atoms. The minimum absolute atomic E-state index is 0.153. The van der Waals surface area contributed by atoms with E-state index in [2.05, 4.69) is 10.1 Å². The first-order valence-corrected chi connectivity index (χ1v) is 8.46. The molecule has 1 amide bonds. The minimum atomic E-state index is -0.223. The van der Waals surface area contributed by atoms with E-state index in [0.717, 1.165) is 38.0 Å². The third-order valence-corrected chi connectivity index (χ3v) is 4.59. The Bertz CT molecular complexity index is 984. The van der Waals surface area contributed by atoms with Gasteiger partial charge in [-0.25, -0.2) is 9.67 Å². The molecule has 1 aliphatic rings. The van der Waals surface area contributed by atoms with Crippen molar-refractivity contribution in [1.82, 2.24) is 24.2 Å². The highest BCUT2D eigenvalue weighted by Gasteiger charge is 2.26. The largest absolute Gasteiger partial charge is 0.337 e. The molecule has 2 aromatic heterocycles. The fraction of sp³-hybridized carbons (Fsp3) is 0.333. The van der Waals surface area contributed by atoms with E-state index in [0.29, 0.717) is 11.0 Å². The Morgan fingerprint density at radius 2 is 1.80 bits per heavy atom. The molecule has 1 aromatic carbocycles. The standard InChI is InChI=1S/C18H19N5O2/c1-21-12-19-14-15(17(24)22-10-6-3-7-11-22)20-23(16(14)18(21)25)13-8-4-2-5-9-13/h2,4-5,8-9,12H,3,6-7,10-11H2,1H3. The molecule has 1 aliphatic heterocycles. The lowest BCUT2D eigenvalue weighted by molar-refractivity contribution is 0.0719. The van der Waals surface area contributed by atoms with Crippen LogP contribution in [0.15, 0.2) is 41.5 Å². The number of fused-ring (bicyclic) bond motifs is 1. The second-order valence-corrected chi connectivity index (χ2v) is 6.31. The quantitative estimate of drug-likeness (QED) is 0.714. The maximum atomic E-state index is 13.0. The van der Waals surface area contributed by atoms with Crippen molar-refractivity contribution in [1.29, 1.82) is 0 Å². The van der Waals surface area contributed by atoms with Crippen molar-refractivity contribution in [2.24, 2.45) is 7.05 Å². The van der Waals surface area contributed by atoms with Crippen LogP contribution in [-0.4, -0.2) is 43.2 Å². The van der Waals surface area contributed by atoms with Crippen molar-refractivity contribution in [3.63, 3.8) is 0 Å². The van der Waals surface area contributed by atoms with Gasteiger partial charge in [-0.2, -0.15) is 5.10 Å². The fourth-order valence-electron chi connectivity index (χ4n) is 3.23. The average Bonchev–Trinajstić information content (AvgIpc) is 3.06. The topological polar surface area (TPSA) is 73.0 Å². The highest BCUT2D eigenvalue weighted by atomic mass is 16.2. The summed E-state index contributed by atoms with van der Waals surface area (Å²) < 4.78 is 2.93. The number of hydrogen-bond donors (Lipinski definition) is 0. The van der Waals surface area contributed by atoms with Crippen LogP contribution in [0.1, 0.15) is 29.8 Å². The van der Waals surface area contributed by atoms with Gasteiger partial charge in [-0.15, -0.1) is 0 Å². The van der Waals surface area contributed by atoms with Crippen molar-refractivity contribution in [2.75, 3.05) is 13.1 Å².